The summed E-state index contributed by atoms with van der Waals surface area (Å²) in [6.07, 6.45) is 0. The minimum atomic E-state index is -0.636. The molecule has 5 heteroatoms. The lowest BCUT2D eigenvalue weighted by atomic mass is 10.2. The van der Waals surface area contributed by atoms with Crippen molar-refractivity contribution in [2.24, 2.45) is 0 Å². The van der Waals surface area contributed by atoms with E-state index in [1.807, 2.05) is 37.4 Å². The van der Waals surface area contributed by atoms with Crippen molar-refractivity contribution in [3.8, 4) is 5.75 Å². The molecule has 1 unspecified atom stereocenters. The molecule has 0 radical (unpaired) electrons. The molecule has 1 atom stereocenters. The van der Waals surface area contributed by atoms with Crippen molar-refractivity contribution in [1.29, 1.82) is 0 Å². The van der Waals surface area contributed by atoms with Crippen molar-refractivity contribution in [3.63, 3.8) is 0 Å². The molecule has 2 aromatic rings. The highest BCUT2D eigenvalue weighted by atomic mass is 16.4. The lowest BCUT2D eigenvalue weighted by molar-refractivity contribution is -0.908. The number of nitrogens with one attached hydrogen (secondary N) is 1. The highest BCUT2D eigenvalue weighted by molar-refractivity contribution is 5.22. The van der Waals surface area contributed by atoms with Crippen LogP contribution >= 0.6 is 0 Å². The Kier molecular flexibility index (Phi) is 4.55. The van der Waals surface area contributed by atoms with Crippen molar-refractivity contribution in [3.05, 3.63) is 63.7 Å². The predicted octanol–water partition coefficient (Wildman–Crippen LogP) is -0.579. The topological polar surface area (TPSA) is 77.9 Å². The van der Waals surface area contributed by atoms with Gasteiger partial charge < -0.3 is 19.5 Å². The van der Waals surface area contributed by atoms with Gasteiger partial charge >= 0.3 is 0 Å². The van der Waals surface area contributed by atoms with Gasteiger partial charge in [-0.15, -0.1) is 0 Å². The van der Waals surface area contributed by atoms with Crippen LogP contribution in [0.2, 0.25) is 0 Å². The van der Waals surface area contributed by atoms with Crippen LogP contribution in [0.25, 0.3) is 0 Å². The molecule has 0 aliphatic rings. The Balaban J connectivity index is 2.13. The van der Waals surface area contributed by atoms with Crippen LogP contribution in [0.4, 0.5) is 0 Å². The molecular formula is C15H17NO4. The second-order valence-corrected chi connectivity index (χ2v) is 4.78. The van der Waals surface area contributed by atoms with Crippen molar-refractivity contribution >= 4 is 0 Å². The third-order valence-electron chi connectivity index (χ3n) is 2.99. The molecule has 5 nitrogen and oxygen atoms in total. The molecule has 20 heavy (non-hydrogen) atoms. The summed E-state index contributed by atoms with van der Waals surface area (Å²) < 4.78 is 5.26. The first-order valence-corrected chi connectivity index (χ1v) is 6.39. The molecule has 0 aliphatic heterocycles. The Morgan fingerprint density at radius 3 is 2.60 bits per heavy atom. The number of benzene rings is 1. The molecule has 0 saturated carbocycles. The quantitative estimate of drug-likeness (QED) is 0.765. The van der Waals surface area contributed by atoms with Crippen molar-refractivity contribution in [1.82, 2.24) is 0 Å². The molecule has 0 bridgehead atoms. The van der Waals surface area contributed by atoms with E-state index in [0.29, 0.717) is 13.1 Å². The van der Waals surface area contributed by atoms with Crippen molar-refractivity contribution < 1.29 is 19.5 Å². The smallest absolute Gasteiger partial charge is 0.177 e. The standard InChI is InChI=1S/C15H17NO4/c1-16(8-11-5-3-2-4-6-11)9-14-15(19)13(18)7-12(10-17)20-14/h2-7,17,19H,8-10H2,1H3. The molecule has 2 N–H and O–H groups in total. The molecule has 0 spiro atoms. The minimum absolute atomic E-state index is 0.0926. The summed E-state index contributed by atoms with van der Waals surface area (Å²) in [5.74, 6) is -0.415. The van der Waals surface area contributed by atoms with Crippen molar-refractivity contribution in [2.75, 3.05) is 7.05 Å². The minimum Gasteiger partial charge on any atom is -0.867 e. The fourth-order valence-corrected chi connectivity index (χ4v) is 2.06. The fraction of sp³-hybridized carbons (Fsp3) is 0.267. The number of aliphatic hydroxyl groups excluding tert-OH is 1. The van der Waals surface area contributed by atoms with Crippen LogP contribution in [0.5, 0.6) is 5.75 Å². The molecule has 0 aliphatic carbocycles. The van der Waals surface area contributed by atoms with Crippen LogP contribution < -0.4 is 15.4 Å². The number of quaternary nitrogens is 1. The van der Waals surface area contributed by atoms with Gasteiger partial charge in [0.15, 0.2) is 11.2 Å². The van der Waals surface area contributed by atoms with Gasteiger partial charge in [0.2, 0.25) is 0 Å². The third kappa shape index (κ3) is 3.46. The molecular weight excluding hydrogens is 258 g/mol. The van der Waals surface area contributed by atoms with Gasteiger partial charge in [-0.1, -0.05) is 30.3 Å². The average Bonchev–Trinajstić information content (AvgIpc) is 2.44. The van der Waals surface area contributed by atoms with Gasteiger partial charge in [-0.05, 0) is 5.75 Å². The normalized spacial score (nSPS) is 12.3. The van der Waals surface area contributed by atoms with E-state index in [-0.39, 0.29) is 18.1 Å². The van der Waals surface area contributed by atoms with E-state index in [1.165, 1.54) is 0 Å². The first-order chi connectivity index (χ1) is 9.60. The molecule has 0 saturated heterocycles. The van der Waals surface area contributed by atoms with Crippen LogP contribution in [-0.2, 0) is 19.7 Å². The maximum absolute atomic E-state index is 11.7. The van der Waals surface area contributed by atoms with Gasteiger partial charge in [0.25, 0.3) is 0 Å². The van der Waals surface area contributed by atoms with Crippen LogP contribution in [0.3, 0.4) is 0 Å². The van der Waals surface area contributed by atoms with Gasteiger partial charge in [0.1, 0.15) is 25.5 Å². The van der Waals surface area contributed by atoms with E-state index < -0.39 is 11.2 Å². The highest BCUT2D eigenvalue weighted by Crippen LogP contribution is 2.09. The first kappa shape index (κ1) is 14.3. The molecule has 106 valence electrons. The van der Waals surface area contributed by atoms with Gasteiger partial charge in [-0.3, -0.25) is 4.79 Å². The number of hydrogen-bond acceptors (Lipinski definition) is 4. The summed E-state index contributed by atoms with van der Waals surface area (Å²) >= 11 is 0. The zero-order valence-corrected chi connectivity index (χ0v) is 11.3. The Morgan fingerprint density at radius 1 is 1.25 bits per heavy atom. The predicted molar refractivity (Wildman–Crippen MR) is 71.1 cm³/mol. The second-order valence-electron chi connectivity index (χ2n) is 4.78. The van der Waals surface area contributed by atoms with Gasteiger partial charge in [0, 0.05) is 11.6 Å². The van der Waals surface area contributed by atoms with Crippen molar-refractivity contribution in [2.45, 2.75) is 19.7 Å². The molecule has 1 aromatic heterocycles. The summed E-state index contributed by atoms with van der Waals surface area (Å²) in [5, 5.41) is 20.7. The zero-order chi connectivity index (χ0) is 14.5. The largest absolute Gasteiger partial charge is 0.867 e. The Morgan fingerprint density at radius 2 is 1.95 bits per heavy atom. The molecule has 1 aromatic carbocycles. The lowest BCUT2D eigenvalue weighted by Gasteiger charge is -2.17. The van der Waals surface area contributed by atoms with E-state index >= 15 is 0 Å². The lowest BCUT2D eigenvalue weighted by Crippen LogP contribution is -3.06. The Labute approximate surface area is 116 Å². The van der Waals surface area contributed by atoms with Gasteiger partial charge in [0.05, 0.1) is 7.05 Å². The Hall–Kier alpha value is -2.11. The maximum atomic E-state index is 11.7. The Bertz CT molecular complexity index is 622. The van der Waals surface area contributed by atoms with E-state index in [2.05, 4.69) is 0 Å². The summed E-state index contributed by atoms with van der Waals surface area (Å²) in [6, 6.07) is 10.9. The van der Waals surface area contributed by atoms with E-state index in [9.17, 15) is 9.90 Å². The number of rotatable bonds is 5. The summed E-state index contributed by atoms with van der Waals surface area (Å²) in [5.41, 5.74) is 0.501. The van der Waals surface area contributed by atoms with E-state index in [1.54, 1.807) is 0 Å². The first-order valence-electron chi connectivity index (χ1n) is 6.39. The van der Waals surface area contributed by atoms with Crippen LogP contribution in [0.15, 0.2) is 45.6 Å². The molecule has 1 heterocycles. The SMILES string of the molecule is C[NH+](Cc1ccccc1)Cc1oc(CO)cc(=O)c1[O-]. The van der Waals surface area contributed by atoms with E-state index in [0.717, 1.165) is 16.5 Å². The maximum Gasteiger partial charge on any atom is 0.177 e. The summed E-state index contributed by atoms with van der Waals surface area (Å²) in [4.78, 5) is 12.5. The van der Waals surface area contributed by atoms with Crippen LogP contribution in [-0.4, -0.2) is 12.2 Å². The van der Waals surface area contributed by atoms with E-state index in [4.69, 9.17) is 9.52 Å². The second kappa shape index (κ2) is 6.36. The van der Waals surface area contributed by atoms with Gasteiger partial charge in [-0.25, -0.2) is 0 Å². The fourth-order valence-electron chi connectivity index (χ4n) is 2.06. The van der Waals surface area contributed by atoms with Crippen LogP contribution in [0.1, 0.15) is 17.1 Å². The zero-order valence-electron chi connectivity index (χ0n) is 11.3. The van der Waals surface area contributed by atoms with Crippen LogP contribution in [0, 0.1) is 0 Å². The molecule has 0 fully saturated rings. The monoisotopic (exact) mass is 275 g/mol. The molecule has 2 rings (SSSR count). The summed E-state index contributed by atoms with van der Waals surface area (Å²) in [6.45, 7) is 0.629. The third-order valence-corrected chi connectivity index (χ3v) is 2.99. The number of hydrogen-bond donors (Lipinski definition) is 2. The average molecular weight is 275 g/mol. The number of aliphatic hydroxyl groups is 1. The summed E-state index contributed by atoms with van der Waals surface area (Å²) in [7, 11) is 1.91. The van der Waals surface area contributed by atoms with Gasteiger partial charge in [-0.2, -0.15) is 0 Å². The highest BCUT2D eigenvalue weighted by Gasteiger charge is 2.11. The molecule has 0 amide bonds.